The molecule has 2 saturated heterocycles. The van der Waals surface area contributed by atoms with E-state index in [1.54, 1.807) is 12.1 Å². The van der Waals surface area contributed by atoms with Crippen LogP contribution in [0.2, 0.25) is 0 Å². The lowest BCUT2D eigenvalue weighted by atomic mass is 10.2. The number of amides is 2. The number of ether oxygens (including phenoxy) is 2. The maximum absolute atomic E-state index is 14.3. The van der Waals surface area contributed by atoms with Gasteiger partial charge < -0.3 is 20.1 Å². The molecule has 2 aliphatic heterocycles. The average Bonchev–Trinajstić information content (AvgIpc) is 3.08. The lowest BCUT2D eigenvalue weighted by molar-refractivity contribution is -0.119. The highest BCUT2D eigenvalue weighted by molar-refractivity contribution is 5.88. The fourth-order valence-corrected chi connectivity index (χ4v) is 2.93. The molecule has 2 N–H and O–H groups in total. The number of rotatable bonds is 5. The van der Waals surface area contributed by atoms with Crippen LogP contribution in [0.4, 0.5) is 14.9 Å². The van der Waals surface area contributed by atoms with Crippen molar-refractivity contribution in [3.63, 3.8) is 0 Å². The van der Waals surface area contributed by atoms with Gasteiger partial charge in [0, 0.05) is 32.5 Å². The van der Waals surface area contributed by atoms with Crippen molar-refractivity contribution in [2.24, 2.45) is 0 Å². The Kier molecular flexibility index (Phi) is 5.37. The second-order valence-corrected chi connectivity index (χ2v) is 6.23. The number of nitrogens with zero attached hydrogens (tertiary/aromatic N) is 1. The lowest BCUT2D eigenvalue weighted by Crippen LogP contribution is -2.46. The minimum atomic E-state index is -0.547. The summed E-state index contributed by atoms with van der Waals surface area (Å²) in [6.07, 6.45) is 0.453. The molecule has 25 heavy (non-hydrogen) atoms. The van der Waals surface area contributed by atoms with E-state index in [0.717, 1.165) is 13.0 Å². The van der Waals surface area contributed by atoms with Gasteiger partial charge in [0.1, 0.15) is 12.2 Å². The van der Waals surface area contributed by atoms with Crippen molar-refractivity contribution in [2.75, 3.05) is 31.1 Å². The summed E-state index contributed by atoms with van der Waals surface area (Å²) in [4.78, 5) is 24.5. The van der Waals surface area contributed by atoms with Crippen LogP contribution in [-0.2, 0) is 9.53 Å². The zero-order valence-corrected chi connectivity index (χ0v) is 14.1. The summed E-state index contributed by atoms with van der Waals surface area (Å²) in [6.45, 7) is 3.66. The van der Waals surface area contributed by atoms with Gasteiger partial charge in [-0.05, 0) is 25.1 Å². The molecule has 0 aromatic heterocycles. The van der Waals surface area contributed by atoms with Crippen LogP contribution in [0.15, 0.2) is 18.2 Å². The summed E-state index contributed by atoms with van der Waals surface area (Å²) in [7, 11) is 0. The molecule has 2 aliphatic rings. The second kappa shape index (κ2) is 7.69. The molecule has 1 unspecified atom stereocenters. The molecule has 1 aromatic carbocycles. The van der Waals surface area contributed by atoms with E-state index in [2.05, 4.69) is 10.6 Å². The number of hydrogen-bond donors (Lipinski definition) is 2. The summed E-state index contributed by atoms with van der Waals surface area (Å²) >= 11 is 0. The zero-order valence-electron chi connectivity index (χ0n) is 14.1. The highest BCUT2D eigenvalue weighted by Gasteiger charge is 2.29. The number of cyclic esters (lactones) is 1. The molecule has 2 amide bonds. The summed E-state index contributed by atoms with van der Waals surface area (Å²) in [5.41, 5.74) is 0.428. The second-order valence-electron chi connectivity index (χ2n) is 6.23. The topological polar surface area (TPSA) is 79.9 Å². The van der Waals surface area contributed by atoms with Crippen molar-refractivity contribution >= 4 is 17.7 Å². The Hall–Kier alpha value is -2.35. The summed E-state index contributed by atoms with van der Waals surface area (Å²) in [5, 5.41) is 5.78. The monoisotopic (exact) mass is 351 g/mol. The minimum absolute atomic E-state index is 0.0326. The largest absolute Gasteiger partial charge is 0.486 e. The van der Waals surface area contributed by atoms with Crippen LogP contribution >= 0.6 is 0 Å². The average molecular weight is 351 g/mol. The van der Waals surface area contributed by atoms with Gasteiger partial charge in [0.05, 0.1) is 12.2 Å². The van der Waals surface area contributed by atoms with E-state index in [4.69, 9.17) is 9.47 Å². The highest BCUT2D eigenvalue weighted by atomic mass is 19.1. The number of carbonyl (C=O) groups is 2. The Morgan fingerprint density at radius 3 is 2.96 bits per heavy atom. The van der Waals surface area contributed by atoms with Crippen LogP contribution in [0.5, 0.6) is 5.75 Å². The van der Waals surface area contributed by atoms with Crippen molar-refractivity contribution in [1.29, 1.82) is 0 Å². The van der Waals surface area contributed by atoms with E-state index in [1.807, 2.05) is 0 Å². The van der Waals surface area contributed by atoms with E-state index in [-0.39, 0.29) is 30.4 Å². The van der Waals surface area contributed by atoms with Crippen molar-refractivity contribution in [2.45, 2.75) is 32.0 Å². The number of benzene rings is 1. The van der Waals surface area contributed by atoms with E-state index < -0.39 is 11.9 Å². The smallest absolute Gasteiger partial charge is 0.414 e. The van der Waals surface area contributed by atoms with Gasteiger partial charge in [-0.3, -0.25) is 9.69 Å². The molecule has 8 heteroatoms. The third-order valence-electron chi connectivity index (χ3n) is 4.28. The third-order valence-corrected chi connectivity index (χ3v) is 4.28. The van der Waals surface area contributed by atoms with Gasteiger partial charge in [-0.2, -0.15) is 0 Å². The number of halogens is 1. The first-order valence-electron chi connectivity index (χ1n) is 8.42. The number of anilines is 1. The van der Waals surface area contributed by atoms with Crippen LogP contribution in [0.25, 0.3) is 0 Å². The highest BCUT2D eigenvalue weighted by Crippen LogP contribution is 2.27. The molecule has 2 heterocycles. The maximum Gasteiger partial charge on any atom is 0.414 e. The van der Waals surface area contributed by atoms with Gasteiger partial charge in [-0.25, -0.2) is 9.18 Å². The quantitative estimate of drug-likeness (QED) is 0.839. The minimum Gasteiger partial charge on any atom is -0.486 e. The Morgan fingerprint density at radius 2 is 2.32 bits per heavy atom. The molecule has 2 atom stereocenters. The number of hydrogen-bond acceptors (Lipinski definition) is 5. The molecular weight excluding hydrogens is 329 g/mol. The van der Waals surface area contributed by atoms with Crippen LogP contribution in [0.3, 0.4) is 0 Å². The normalized spacial score (nSPS) is 23.3. The van der Waals surface area contributed by atoms with Gasteiger partial charge in [0.25, 0.3) is 0 Å². The standard InChI is InChI=1S/C17H22FN3O4/c1-11(22)20-10-14-5-7-21(17(23)25-14)12-2-3-16(15(18)8-12)24-13-4-6-19-9-13/h2-3,8,13-14,19H,4-7,9-10H2,1H3,(H,20,22)/t13?,14-/m1/s1. The van der Waals surface area contributed by atoms with Crippen LogP contribution in [0.1, 0.15) is 19.8 Å². The van der Waals surface area contributed by atoms with E-state index >= 15 is 0 Å². The first kappa shape index (κ1) is 17.5. The summed E-state index contributed by atoms with van der Waals surface area (Å²) < 4.78 is 25.2. The van der Waals surface area contributed by atoms with Gasteiger partial charge in [0.2, 0.25) is 5.91 Å². The van der Waals surface area contributed by atoms with Gasteiger partial charge in [-0.1, -0.05) is 0 Å². The first-order chi connectivity index (χ1) is 12.0. The van der Waals surface area contributed by atoms with Crippen molar-refractivity contribution in [3.8, 4) is 5.75 Å². The number of carbonyl (C=O) groups excluding carboxylic acids is 2. The van der Waals surface area contributed by atoms with Gasteiger partial charge in [0.15, 0.2) is 11.6 Å². The lowest BCUT2D eigenvalue weighted by Gasteiger charge is -2.32. The van der Waals surface area contributed by atoms with E-state index in [1.165, 1.54) is 17.9 Å². The number of nitrogens with one attached hydrogen (secondary N) is 2. The van der Waals surface area contributed by atoms with Gasteiger partial charge in [-0.15, -0.1) is 0 Å². The molecule has 2 fully saturated rings. The third kappa shape index (κ3) is 4.39. The molecule has 136 valence electrons. The molecule has 0 bridgehead atoms. The molecule has 3 rings (SSSR count). The van der Waals surface area contributed by atoms with Crippen LogP contribution in [0, 0.1) is 5.82 Å². The Bertz CT molecular complexity index is 649. The predicted molar refractivity (Wildman–Crippen MR) is 89.2 cm³/mol. The predicted octanol–water partition coefficient (Wildman–Crippen LogP) is 1.42. The maximum atomic E-state index is 14.3. The van der Waals surface area contributed by atoms with Crippen molar-refractivity contribution in [3.05, 3.63) is 24.0 Å². The van der Waals surface area contributed by atoms with Gasteiger partial charge >= 0.3 is 6.09 Å². The molecule has 0 radical (unpaired) electrons. The van der Waals surface area contributed by atoms with E-state index in [9.17, 15) is 14.0 Å². The SMILES string of the molecule is CC(=O)NC[C@H]1CCN(c2ccc(OC3CCNC3)c(F)c2)C(=O)O1. The van der Waals surface area contributed by atoms with Crippen LogP contribution < -0.4 is 20.3 Å². The van der Waals surface area contributed by atoms with E-state index in [0.29, 0.717) is 25.2 Å². The summed E-state index contributed by atoms with van der Waals surface area (Å²) in [6, 6.07) is 4.48. The Morgan fingerprint density at radius 1 is 1.48 bits per heavy atom. The molecular formula is C17H22FN3O4. The Balaban J connectivity index is 1.61. The first-order valence-corrected chi connectivity index (χ1v) is 8.42. The molecule has 7 nitrogen and oxygen atoms in total. The molecule has 0 aliphatic carbocycles. The van der Waals surface area contributed by atoms with Crippen LogP contribution in [-0.4, -0.2) is 50.4 Å². The molecule has 0 saturated carbocycles. The molecule has 0 spiro atoms. The fourth-order valence-electron chi connectivity index (χ4n) is 2.93. The fraction of sp³-hybridized carbons (Fsp3) is 0.529. The zero-order chi connectivity index (χ0) is 17.8. The molecule has 1 aromatic rings. The van der Waals surface area contributed by atoms with Crippen molar-refractivity contribution in [1.82, 2.24) is 10.6 Å². The summed E-state index contributed by atoms with van der Waals surface area (Å²) in [5.74, 6) is -0.488. The van der Waals surface area contributed by atoms with Crippen molar-refractivity contribution < 1.29 is 23.5 Å². The Labute approximate surface area is 145 Å².